The van der Waals surface area contributed by atoms with Crippen LogP contribution >= 0.6 is 15.9 Å². The first kappa shape index (κ1) is 16.3. The van der Waals surface area contributed by atoms with Crippen molar-refractivity contribution in [3.8, 4) is 5.75 Å². The zero-order valence-electron chi connectivity index (χ0n) is 12.6. The van der Waals surface area contributed by atoms with Crippen LogP contribution in [0.1, 0.15) is 32.6 Å². The van der Waals surface area contributed by atoms with E-state index in [0.29, 0.717) is 0 Å². The number of alkyl halides is 1. The average molecular weight is 351 g/mol. The molecule has 3 heteroatoms. The Bertz CT molecular complexity index is 481. The number of halogens is 1. The molecule has 0 aliphatic heterocycles. The molecule has 114 valence electrons. The van der Waals surface area contributed by atoms with Crippen LogP contribution in [-0.2, 0) is 4.74 Å². The van der Waals surface area contributed by atoms with E-state index in [-0.39, 0.29) is 5.60 Å². The third-order valence-corrected chi connectivity index (χ3v) is 4.05. The fourth-order valence-corrected chi connectivity index (χ4v) is 2.78. The largest absolute Gasteiger partial charge is 0.462 e. The van der Waals surface area contributed by atoms with Gasteiger partial charge in [-0.2, -0.15) is 0 Å². The molecule has 2 nitrogen and oxygen atoms in total. The van der Waals surface area contributed by atoms with Crippen molar-refractivity contribution >= 4 is 15.9 Å². The van der Waals surface area contributed by atoms with Gasteiger partial charge in [0, 0.05) is 18.4 Å². The highest BCUT2D eigenvalue weighted by molar-refractivity contribution is 9.09. The van der Waals surface area contributed by atoms with Crippen LogP contribution in [0, 0.1) is 0 Å². The van der Waals surface area contributed by atoms with E-state index in [1.165, 1.54) is 0 Å². The van der Waals surface area contributed by atoms with Crippen molar-refractivity contribution in [3.63, 3.8) is 0 Å². The van der Waals surface area contributed by atoms with Crippen molar-refractivity contribution in [1.29, 1.82) is 0 Å². The number of rotatable bonds is 8. The van der Waals surface area contributed by atoms with Gasteiger partial charge in [-0.3, -0.25) is 0 Å². The molecule has 0 fully saturated rings. The van der Waals surface area contributed by atoms with Crippen molar-refractivity contribution in [2.45, 2.75) is 38.2 Å². The molecule has 0 N–H and O–H groups in total. The maximum atomic E-state index is 6.18. The Kier molecular flexibility index (Phi) is 6.52. The van der Waals surface area contributed by atoms with Gasteiger partial charge >= 0.3 is 0 Å². The topological polar surface area (TPSA) is 18.5 Å². The fourth-order valence-electron chi connectivity index (χ4n) is 2.55. The van der Waals surface area contributed by atoms with E-state index < -0.39 is 0 Å². The number of hydrogen-bond donors (Lipinski definition) is 0. The molecule has 0 bridgehead atoms. The summed E-state index contributed by atoms with van der Waals surface area (Å²) >= 11 is 3.45. The van der Waals surface area contributed by atoms with Crippen LogP contribution in [-0.4, -0.2) is 17.5 Å². The van der Waals surface area contributed by atoms with Gasteiger partial charge in [-0.05, 0) is 31.1 Å². The molecule has 2 rings (SSSR count). The standard InChI is InChI=1S/C18H23BrO2/c1-2-11-18(20-14-7-13-19)12-6-10-17(15-18)21-16-8-4-3-5-9-16/h3-6,8-10,12H,2,7,11,13-15H2,1H3. The van der Waals surface area contributed by atoms with Gasteiger partial charge in [0.2, 0.25) is 0 Å². The monoisotopic (exact) mass is 350 g/mol. The van der Waals surface area contributed by atoms with E-state index in [2.05, 4.69) is 35.0 Å². The summed E-state index contributed by atoms with van der Waals surface area (Å²) in [5.41, 5.74) is -0.213. The molecule has 1 unspecified atom stereocenters. The van der Waals surface area contributed by atoms with Crippen LogP contribution in [0.2, 0.25) is 0 Å². The zero-order chi connectivity index (χ0) is 15.0. The third-order valence-electron chi connectivity index (χ3n) is 3.49. The van der Waals surface area contributed by atoms with Gasteiger partial charge in [0.25, 0.3) is 0 Å². The Morgan fingerprint density at radius 3 is 2.76 bits per heavy atom. The van der Waals surface area contributed by atoms with Gasteiger partial charge in [-0.25, -0.2) is 0 Å². The number of ether oxygens (including phenoxy) is 2. The fraction of sp³-hybridized carbons (Fsp3) is 0.444. The molecule has 1 aromatic carbocycles. The maximum Gasteiger partial charge on any atom is 0.126 e. The lowest BCUT2D eigenvalue weighted by molar-refractivity contribution is -0.0202. The van der Waals surface area contributed by atoms with Gasteiger partial charge in [0.05, 0.1) is 5.60 Å². The normalized spacial score (nSPS) is 21.1. The van der Waals surface area contributed by atoms with E-state index >= 15 is 0 Å². The summed E-state index contributed by atoms with van der Waals surface area (Å²) in [5.74, 6) is 1.85. The van der Waals surface area contributed by atoms with Crippen LogP contribution in [0.25, 0.3) is 0 Å². The van der Waals surface area contributed by atoms with Crippen LogP contribution in [0.4, 0.5) is 0 Å². The molecule has 1 aromatic rings. The van der Waals surface area contributed by atoms with Crippen LogP contribution in [0.3, 0.4) is 0 Å². The maximum absolute atomic E-state index is 6.18. The number of hydrogen-bond acceptors (Lipinski definition) is 2. The molecular weight excluding hydrogens is 328 g/mol. The minimum atomic E-state index is -0.213. The van der Waals surface area contributed by atoms with E-state index in [9.17, 15) is 0 Å². The SMILES string of the molecule is CCCC1(OCCCBr)C=CC=C(Oc2ccccc2)C1. The minimum Gasteiger partial charge on any atom is -0.462 e. The van der Waals surface area contributed by atoms with E-state index in [1.807, 2.05) is 36.4 Å². The van der Waals surface area contributed by atoms with Crippen molar-refractivity contribution in [2.75, 3.05) is 11.9 Å². The first-order valence-electron chi connectivity index (χ1n) is 7.59. The predicted octanol–water partition coefficient (Wildman–Crippen LogP) is 5.25. The van der Waals surface area contributed by atoms with Crippen molar-refractivity contribution < 1.29 is 9.47 Å². The highest BCUT2D eigenvalue weighted by Gasteiger charge is 2.31. The summed E-state index contributed by atoms with van der Waals surface area (Å²) in [6, 6.07) is 9.92. The van der Waals surface area contributed by atoms with E-state index in [4.69, 9.17) is 9.47 Å². The first-order chi connectivity index (χ1) is 10.3. The van der Waals surface area contributed by atoms with Crippen molar-refractivity contribution in [3.05, 3.63) is 54.3 Å². The average Bonchev–Trinajstić information content (AvgIpc) is 2.49. The highest BCUT2D eigenvalue weighted by Crippen LogP contribution is 2.32. The predicted molar refractivity (Wildman–Crippen MR) is 90.9 cm³/mol. The summed E-state index contributed by atoms with van der Waals surface area (Å²) in [6.07, 6.45) is 10.2. The lowest BCUT2D eigenvalue weighted by atomic mass is 9.89. The number of benzene rings is 1. The van der Waals surface area contributed by atoms with E-state index in [1.54, 1.807) is 0 Å². The molecule has 1 aliphatic rings. The van der Waals surface area contributed by atoms with Gasteiger partial charge in [0.15, 0.2) is 0 Å². The summed E-state index contributed by atoms with van der Waals surface area (Å²) in [5, 5.41) is 0.974. The molecule has 0 saturated carbocycles. The molecule has 0 heterocycles. The Morgan fingerprint density at radius 1 is 1.24 bits per heavy atom. The second-order valence-electron chi connectivity index (χ2n) is 5.29. The molecule has 0 radical (unpaired) electrons. The Balaban J connectivity index is 2.02. The van der Waals surface area contributed by atoms with Crippen molar-refractivity contribution in [1.82, 2.24) is 0 Å². The Morgan fingerprint density at radius 2 is 2.05 bits per heavy atom. The molecule has 1 atom stereocenters. The molecule has 0 spiro atoms. The lowest BCUT2D eigenvalue weighted by Crippen LogP contribution is -2.33. The molecule has 0 aromatic heterocycles. The highest BCUT2D eigenvalue weighted by atomic mass is 79.9. The molecular formula is C18H23BrO2. The van der Waals surface area contributed by atoms with Crippen molar-refractivity contribution in [2.24, 2.45) is 0 Å². The zero-order valence-corrected chi connectivity index (χ0v) is 14.1. The number of para-hydroxylation sites is 1. The summed E-state index contributed by atoms with van der Waals surface area (Å²) in [7, 11) is 0. The summed E-state index contributed by atoms with van der Waals surface area (Å²) in [4.78, 5) is 0. The van der Waals surface area contributed by atoms with E-state index in [0.717, 1.165) is 49.1 Å². The van der Waals surface area contributed by atoms with Crippen LogP contribution in [0.5, 0.6) is 5.75 Å². The second-order valence-corrected chi connectivity index (χ2v) is 6.08. The van der Waals surface area contributed by atoms with Gasteiger partial charge in [-0.15, -0.1) is 0 Å². The Hall–Kier alpha value is -1.06. The Labute approximate surface area is 136 Å². The molecule has 0 saturated heterocycles. The van der Waals surface area contributed by atoms with Gasteiger partial charge in [-0.1, -0.05) is 59.6 Å². The molecule has 1 aliphatic carbocycles. The molecule has 21 heavy (non-hydrogen) atoms. The summed E-state index contributed by atoms with van der Waals surface area (Å²) in [6.45, 7) is 2.97. The smallest absolute Gasteiger partial charge is 0.126 e. The molecule has 0 amide bonds. The summed E-state index contributed by atoms with van der Waals surface area (Å²) < 4.78 is 12.2. The number of allylic oxidation sites excluding steroid dienone is 2. The lowest BCUT2D eigenvalue weighted by Gasteiger charge is -2.33. The quantitative estimate of drug-likeness (QED) is 0.470. The third kappa shape index (κ3) is 5.01. The first-order valence-corrected chi connectivity index (χ1v) is 8.71. The van der Waals surface area contributed by atoms with Crippen LogP contribution in [0.15, 0.2) is 54.3 Å². The second kappa shape index (κ2) is 8.40. The van der Waals surface area contributed by atoms with Gasteiger partial charge in [0.1, 0.15) is 11.5 Å². The van der Waals surface area contributed by atoms with Gasteiger partial charge < -0.3 is 9.47 Å². The van der Waals surface area contributed by atoms with Crippen LogP contribution < -0.4 is 4.74 Å². The minimum absolute atomic E-state index is 0.213.